The lowest BCUT2D eigenvalue weighted by Gasteiger charge is -2.28. The fourth-order valence-electron chi connectivity index (χ4n) is 3.43. The molecule has 2 N–H and O–H groups in total. The van der Waals surface area contributed by atoms with Gasteiger partial charge in [0.2, 0.25) is 11.8 Å². The van der Waals surface area contributed by atoms with Gasteiger partial charge in [-0.2, -0.15) is 0 Å². The molecule has 0 radical (unpaired) electrons. The van der Waals surface area contributed by atoms with E-state index in [1.807, 2.05) is 58.0 Å². The van der Waals surface area contributed by atoms with Gasteiger partial charge < -0.3 is 15.4 Å². The number of carbonyl (C=O) groups excluding carboxylic acids is 3. The molecule has 0 aromatic heterocycles. The highest BCUT2D eigenvalue weighted by Crippen LogP contribution is 2.20. The van der Waals surface area contributed by atoms with Crippen LogP contribution in [-0.2, 0) is 20.9 Å². The van der Waals surface area contributed by atoms with Crippen molar-refractivity contribution in [1.82, 2.24) is 15.5 Å². The topological polar surface area (TPSA) is 87.7 Å². The lowest BCUT2D eigenvalue weighted by molar-refractivity contribution is -0.132. The Labute approximate surface area is 179 Å². The lowest BCUT2D eigenvalue weighted by Crippen LogP contribution is -2.55. The first kappa shape index (κ1) is 23.7. The summed E-state index contributed by atoms with van der Waals surface area (Å²) >= 11 is 0. The second-order valence-electron chi connectivity index (χ2n) is 8.40. The summed E-state index contributed by atoms with van der Waals surface area (Å²) in [6, 6.07) is 8.20. The van der Waals surface area contributed by atoms with Crippen LogP contribution in [0, 0.1) is 11.8 Å². The number of hydrogen-bond acceptors (Lipinski definition) is 4. The Morgan fingerprint density at radius 2 is 1.87 bits per heavy atom. The van der Waals surface area contributed by atoms with Gasteiger partial charge in [0.1, 0.15) is 18.7 Å². The number of benzene rings is 1. The third kappa shape index (κ3) is 6.75. The van der Waals surface area contributed by atoms with E-state index in [0.717, 1.165) is 18.4 Å². The van der Waals surface area contributed by atoms with Gasteiger partial charge in [0.25, 0.3) is 0 Å². The van der Waals surface area contributed by atoms with Gasteiger partial charge in [-0.3, -0.25) is 14.5 Å². The van der Waals surface area contributed by atoms with Crippen molar-refractivity contribution in [2.24, 2.45) is 11.8 Å². The van der Waals surface area contributed by atoms with Crippen molar-refractivity contribution in [2.75, 3.05) is 13.1 Å². The van der Waals surface area contributed by atoms with E-state index >= 15 is 0 Å². The van der Waals surface area contributed by atoms with Gasteiger partial charge in [-0.15, -0.1) is 0 Å². The Balaban J connectivity index is 1.98. The molecule has 2 rings (SSSR count). The molecule has 0 bridgehead atoms. The molecule has 7 nitrogen and oxygen atoms in total. The van der Waals surface area contributed by atoms with E-state index in [1.54, 1.807) is 0 Å². The van der Waals surface area contributed by atoms with Crippen LogP contribution >= 0.6 is 0 Å². The first-order valence-electron chi connectivity index (χ1n) is 10.9. The Bertz CT molecular complexity index is 708. The molecule has 0 spiro atoms. The predicted molar refractivity (Wildman–Crippen MR) is 116 cm³/mol. The highest BCUT2D eigenvalue weighted by molar-refractivity contribution is 5.91. The minimum atomic E-state index is -0.621. The monoisotopic (exact) mass is 417 g/mol. The van der Waals surface area contributed by atoms with Crippen molar-refractivity contribution in [3.8, 4) is 0 Å². The molecule has 3 atom stereocenters. The summed E-state index contributed by atoms with van der Waals surface area (Å²) in [5.41, 5.74) is 0.893. The fraction of sp³-hybridized carbons (Fsp3) is 0.609. The maximum absolute atomic E-state index is 13.0. The second-order valence-corrected chi connectivity index (χ2v) is 8.40. The second kappa shape index (κ2) is 11.6. The number of ether oxygens (including phenoxy) is 1. The molecule has 1 aliphatic heterocycles. The van der Waals surface area contributed by atoms with Crippen LogP contribution in [0.1, 0.15) is 52.5 Å². The number of amides is 3. The smallest absolute Gasteiger partial charge is 0.410 e. The highest BCUT2D eigenvalue weighted by Gasteiger charge is 2.37. The molecular weight excluding hydrogens is 382 g/mol. The molecule has 7 heteroatoms. The van der Waals surface area contributed by atoms with Gasteiger partial charge in [0.15, 0.2) is 0 Å². The summed E-state index contributed by atoms with van der Waals surface area (Å²) in [6.07, 6.45) is 1.55. The predicted octanol–water partition coefficient (Wildman–Crippen LogP) is 3.09. The number of likely N-dealkylation sites (tertiary alicyclic amines) is 1. The molecule has 1 fully saturated rings. The molecule has 1 aliphatic rings. The first-order valence-corrected chi connectivity index (χ1v) is 10.9. The standard InChI is InChI=1S/C23H35N3O4/c1-5-17(4)20(22(28)24-14-16(2)3)25-21(27)19-12-9-13-26(19)23(29)30-15-18-10-7-6-8-11-18/h6-8,10-11,16-17,19-20H,5,9,12-15H2,1-4H3,(H,24,28)(H,25,27)/t17-,19-,20-/m0/s1. The molecule has 30 heavy (non-hydrogen) atoms. The van der Waals surface area contributed by atoms with Gasteiger partial charge in [0, 0.05) is 13.1 Å². The summed E-state index contributed by atoms with van der Waals surface area (Å²) in [5.74, 6) is -0.162. The molecule has 1 aromatic carbocycles. The third-order valence-electron chi connectivity index (χ3n) is 5.47. The van der Waals surface area contributed by atoms with Gasteiger partial charge in [-0.1, -0.05) is 64.4 Å². The minimum Gasteiger partial charge on any atom is -0.445 e. The van der Waals surface area contributed by atoms with Crippen LogP contribution in [0.25, 0.3) is 0 Å². The first-order chi connectivity index (χ1) is 14.3. The highest BCUT2D eigenvalue weighted by atomic mass is 16.6. The number of hydrogen-bond donors (Lipinski definition) is 2. The molecule has 1 saturated heterocycles. The van der Waals surface area contributed by atoms with E-state index in [1.165, 1.54) is 4.90 Å². The van der Waals surface area contributed by atoms with Crippen LogP contribution in [-0.4, -0.2) is 48.0 Å². The molecule has 0 aliphatic carbocycles. The van der Waals surface area contributed by atoms with Crippen LogP contribution in [0.4, 0.5) is 4.79 Å². The van der Waals surface area contributed by atoms with E-state index in [2.05, 4.69) is 10.6 Å². The van der Waals surface area contributed by atoms with E-state index in [4.69, 9.17) is 4.74 Å². The summed E-state index contributed by atoms with van der Waals surface area (Å²) in [4.78, 5) is 39.6. The van der Waals surface area contributed by atoms with E-state index in [-0.39, 0.29) is 24.3 Å². The van der Waals surface area contributed by atoms with Crippen molar-refractivity contribution in [2.45, 2.75) is 65.6 Å². The summed E-state index contributed by atoms with van der Waals surface area (Å²) in [7, 11) is 0. The molecular formula is C23H35N3O4. The molecule has 0 unspecified atom stereocenters. The summed E-state index contributed by atoms with van der Waals surface area (Å²) in [5, 5.41) is 5.80. The van der Waals surface area contributed by atoms with E-state index < -0.39 is 18.2 Å². The van der Waals surface area contributed by atoms with Crippen molar-refractivity contribution < 1.29 is 19.1 Å². The number of nitrogens with zero attached hydrogens (tertiary/aromatic N) is 1. The maximum Gasteiger partial charge on any atom is 0.410 e. The largest absolute Gasteiger partial charge is 0.445 e. The van der Waals surface area contributed by atoms with E-state index in [9.17, 15) is 14.4 Å². The molecule has 0 saturated carbocycles. The summed E-state index contributed by atoms with van der Waals surface area (Å²) in [6.45, 7) is 9.17. The molecule has 3 amide bonds. The zero-order chi connectivity index (χ0) is 22.1. The number of rotatable bonds is 9. The quantitative estimate of drug-likeness (QED) is 0.646. The Morgan fingerprint density at radius 1 is 1.17 bits per heavy atom. The SMILES string of the molecule is CC[C@H](C)[C@H](NC(=O)[C@@H]1CCCN1C(=O)OCc1ccccc1)C(=O)NCC(C)C. The van der Waals surface area contributed by atoms with Gasteiger partial charge in [0.05, 0.1) is 0 Å². The van der Waals surface area contributed by atoms with Crippen molar-refractivity contribution in [1.29, 1.82) is 0 Å². The number of nitrogens with one attached hydrogen (secondary N) is 2. The average Bonchev–Trinajstić information content (AvgIpc) is 3.24. The summed E-state index contributed by atoms with van der Waals surface area (Å²) < 4.78 is 5.41. The third-order valence-corrected chi connectivity index (χ3v) is 5.47. The van der Waals surface area contributed by atoms with Crippen LogP contribution in [0.15, 0.2) is 30.3 Å². The Kier molecular flexibility index (Phi) is 9.15. The van der Waals surface area contributed by atoms with Crippen LogP contribution in [0.3, 0.4) is 0 Å². The zero-order valence-corrected chi connectivity index (χ0v) is 18.5. The molecule has 166 valence electrons. The van der Waals surface area contributed by atoms with Gasteiger partial charge >= 0.3 is 6.09 Å². The maximum atomic E-state index is 13.0. The van der Waals surface area contributed by atoms with Crippen LogP contribution in [0.2, 0.25) is 0 Å². The Hall–Kier alpha value is -2.57. The van der Waals surface area contributed by atoms with Gasteiger partial charge in [-0.05, 0) is 30.2 Å². The van der Waals surface area contributed by atoms with Crippen LogP contribution in [0.5, 0.6) is 0 Å². The van der Waals surface area contributed by atoms with Crippen molar-refractivity contribution in [3.63, 3.8) is 0 Å². The molecule has 1 aromatic rings. The normalized spacial score (nSPS) is 18.0. The van der Waals surface area contributed by atoms with E-state index in [0.29, 0.717) is 25.4 Å². The van der Waals surface area contributed by atoms with Crippen molar-refractivity contribution in [3.05, 3.63) is 35.9 Å². The average molecular weight is 418 g/mol. The minimum absolute atomic E-state index is 0.0130. The fourth-order valence-corrected chi connectivity index (χ4v) is 3.43. The lowest BCUT2D eigenvalue weighted by atomic mass is 9.97. The number of carbonyl (C=O) groups is 3. The van der Waals surface area contributed by atoms with Gasteiger partial charge in [-0.25, -0.2) is 4.79 Å². The van der Waals surface area contributed by atoms with Crippen LogP contribution < -0.4 is 10.6 Å². The Morgan fingerprint density at radius 3 is 2.50 bits per heavy atom. The molecule has 1 heterocycles. The van der Waals surface area contributed by atoms with Crippen molar-refractivity contribution >= 4 is 17.9 Å². The zero-order valence-electron chi connectivity index (χ0n) is 18.5.